The zero-order valence-electron chi connectivity index (χ0n) is 11.6. The molecule has 1 fully saturated rings. The van der Waals surface area contributed by atoms with Crippen LogP contribution in [0.5, 0.6) is 0 Å². The molecule has 0 spiro atoms. The number of aromatic amines is 1. The van der Waals surface area contributed by atoms with Crippen molar-refractivity contribution in [1.29, 1.82) is 0 Å². The first-order chi connectivity index (χ1) is 9.92. The Labute approximate surface area is 119 Å². The third-order valence-electron chi connectivity index (χ3n) is 4.00. The van der Waals surface area contributed by atoms with Gasteiger partial charge in [0.05, 0.1) is 6.04 Å². The van der Waals surface area contributed by atoms with Crippen LogP contribution in [0.15, 0.2) is 30.3 Å². The summed E-state index contributed by atoms with van der Waals surface area (Å²) >= 11 is 0. The molecule has 1 aliphatic carbocycles. The monoisotopic (exact) mass is 271 g/mol. The fraction of sp³-hybridized carbons (Fsp3) is 0.533. The van der Waals surface area contributed by atoms with E-state index >= 15 is 0 Å². The van der Waals surface area contributed by atoms with Gasteiger partial charge in [0.25, 0.3) is 0 Å². The molecule has 1 heterocycles. The molecular weight excluding hydrogens is 250 g/mol. The number of aromatic nitrogens is 4. The van der Waals surface area contributed by atoms with Crippen molar-refractivity contribution in [3.8, 4) is 0 Å². The molecule has 0 aliphatic heterocycles. The molecule has 2 N–H and O–H groups in total. The third-order valence-corrected chi connectivity index (χ3v) is 4.00. The summed E-state index contributed by atoms with van der Waals surface area (Å²) in [5.41, 5.74) is 1.30. The molecule has 106 valence electrons. The lowest BCUT2D eigenvalue weighted by atomic mass is 9.94. The van der Waals surface area contributed by atoms with E-state index in [1.807, 2.05) is 6.07 Å². The van der Waals surface area contributed by atoms with Crippen LogP contribution in [0.1, 0.15) is 49.5 Å². The summed E-state index contributed by atoms with van der Waals surface area (Å²) in [5.74, 6) is 0.763. The van der Waals surface area contributed by atoms with E-state index in [2.05, 4.69) is 50.2 Å². The van der Waals surface area contributed by atoms with Crippen molar-refractivity contribution in [3.05, 3.63) is 41.7 Å². The van der Waals surface area contributed by atoms with Gasteiger partial charge in [-0.3, -0.25) is 0 Å². The molecule has 5 heteroatoms. The molecule has 20 heavy (non-hydrogen) atoms. The Hall–Kier alpha value is -1.75. The van der Waals surface area contributed by atoms with Gasteiger partial charge in [-0.05, 0) is 24.8 Å². The first-order valence-electron chi connectivity index (χ1n) is 7.45. The second kappa shape index (κ2) is 6.61. The number of H-pyrrole nitrogens is 1. The summed E-state index contributed by atoms with van der Waals surface area (Å²) in [7, 11) is 0. The number of tetrazole rings is 1. The van der Waals surface area contributed by atoms with Gasteiger partial charge in [0, 0.05) is 6.04 Å². The number of hydrogen-bond donors (Lipinski definition) is 2. The van der Waals surface area contributed by atoms with E-state index < -0.39 is 0 Å². The number of nitrogens with one attached hydrogen (secondary N) is 2. The van der Waals surface area contributed by atoms with Crippen LogP contribution in [0.3, 0.4) is 0 Å². The van der Waals surface area contributed by atoms with Gasteiger partial charge >= 0.3 is 0 Å². The van der Waals surface area contributed by atoms with Crippen LogP contribution in [-0.2, 0) is 6.42 Å². The average Bonchev–Trinajstić information content (AvgIpc) is 3.03. The number of hydrogen-bond acceptors (Lipinski definition) is 4. The summed E-state index contributed by atoms with van der Waals surface area (Å²) in [6, 6.07) is 11.2. The maximum atomic E-state index is 4.17. The highest BCUT2D eigenvalue weighted by molar-refractivity contribution is 5.17. The molecule has 0 amide bonds. The lowest BCUT2D eigenvalue weighted by molar-refractivity contribution is 0.331. The van der Waals surface area contributed by atoms with Crippen molar-refractivity contribution in [2.75, 3.05) is 0 Å². The molecular formula is C15H21N5. The topological polar surface area (TPSA) is 66.5 Å². The van der Waals surface area contributed by atoms with Crippen LogP contribution in [0.4, 0.5) is 0 Å². The van der Waals surface area contributed by atoms with Crippen molar-refractivity contribution in [3.63, 3.8) is 0 Å². The minimum absolute atomic E-state index is 0.138. The van der Waals surface area contributed by atoms with E-state index in [4.69, 9.17) is 0 Å². The van der Waals surface area contributed by atoms with Crippen LogP contribution in [0.25, 0.3) is 0 Å². The van der Waals surface area contributed by atoms with Crippen molar-refractivity contribution in [2.45, 2.75) is 50.6 Å². The molecule has 1 saturated carbocycles. The van der Waals surface area contributed by atoms with E-state index in [0.717, 1.165) is 12.2 Å². The fourth-order valence-corrected chi connectivity index (χ4v) is 2.95. The Morgan fingerprint density at radius 1 is 1.15 bits per heavy atom. The molecule has 0 saturated heterocycles. The van der Waals surface area contributed by atoms with Gasteiger partial charge in [-0.1, -0.05) is 54.8 Å². The number of rotatable bonds is 5. The highest BCUT2D eigenvalue weighted by atomic mass is 15.5. The summed E-state index contributed by atoms with van der Waals surface area (Å²) in [6.07, 6.45) is 7.41. The Morgan fingerprint density at radius 2 is 1.95 bits per heavy atom. The zero-order chi connectivity index (χ0) is 13.6. The zero-order valence-corrected chi connectivity index (χ0v) is 11.6. The second-order valence-electron chi connectivity index (χ2n) is 5.51. The van der Waals surface area contributed by atoms with Gasteiger partial charge < -0.3 is 5.32 Å². The summed E-state index contributed by atoms with van der Waals surface area (Å²) < 4.78 is 0. The van der Waals surface area contributed by atoms with Crippen molar-refractivity contribution >= 4 is 0 Å². The molecule has 0 radical (unpaired) electrons. The van der Waals surface area contributed by atoms with Gasteiger partial charge in [0.15, 0.2) is 5.82 Å². The van der Waals surface area contributed by atoms with E-state index in [0.29, 0.717) is 6.04 Å². The van der Waals surface area contributed by atoms with Gasteiger partial charge in [-0.25, -0.2) is 0 Å². The Balaban J connectivity index is 1.70. The lowest BCUT2D eigenvalue weighted by Gasteiger charge is -2.27. The van der Waals surface area contributed by atoms with E-state index in [1.54, 1.807) is 0 Å². The first kappa shape index (κ1) is 13.2. The molecule has 1 aliphatic rings. The highest BCUT2D eigenvalue weighted by Crippen LogP contribution is 2.22. The van der Waals surface area contributed by atoms with Crippen molar-refractivity contribution in [1.82, 2.24) is 25.9 Å². The van der Waals surface area contributed by atoms with Gasteiger partial charge in [-0.2, -0.15) is 5.21 Å². The highest BCUT2D eigenvalue weighted by Gasteiger charge is 2.22. The molecule has 2 aromatic rings. The second-order valence-corrected chi connectivity index (χ2v) is 5.51. The van der Waals surface area contributed by atoms with Crippen LogP contribution in [-0.4, -0.2) is 26.7 Å². The molecule has 0 bridgehead atoms. The SMILES string of the molecule is c1ccc(CC(NC2CCCCC2)c2nn[nH]n2)cc1. The maximum Gasteiger partial charge on any atom is 0.191 e. The van der Waals surface area contributed by atoms with Crippen molar-refractivity contribution in [2.24, 2.45) is 0 Å². The van der Waals surface area contributed by atoms with E-state index in [-0.39, 0.29) is 6.04 Å². The van der Waals surface area contributed by atoms with Gasteiger partial charge in [0.1, 0.15) is 0 Å². The summed E-state index contributed by atoms with van der Waals surface area (Å²) in [5, 5.41) is 18.3. The van der Waals surface area contributed by atoms with Crippen LogP contribution in [0, 0.1) is 0 Å². The predicted molar refractivity (Wildman–Crippen MR) is 77.1 cm³/mol. The number of benzene rings is 1. The Bertz CT molecular complexity index is 490. The van der Waals surface area contributed by atoms with Crippen LogP contribution >= 0.6 is 0 Å². The first-order valence-corrected chi connectivity index (χ1v) is 7.45. The smallest absolute Gasteiger partial charge is 0.191 e. The minimum atomic E-state index is 0.138. The molecule has 1 aromatic heterocycles. The van der Waals surface area contributed by atoms with Gasteiger partial charge in [-0.15, -0.1) is 10.2 Å². The quantitative estimate of drug-likeness (QED) is 0.876. The van der Waals surface area contributed by atoms with Crippen molar-refractivity contribution < 1.29 is 0 Å². The average molecular weight is 271 g/mol. The van der Waals surface area contributed by atoms with Crippen LogP contribution in [0.2, 0.25) is 0 Å². The van der Waals surface area contributed by atoms with Crippen LogP contribution < -0.4 is 5.32 Å². The third kappa shape index (κ3) is 3.42. The molecule has 1 aromatic carbocycles. The summed E-state index contributed by atoms with van der Waals surface area (Å²) in [6.45, 7) is 0. The predicted octanol–water partition coefficient (Wildman–Crippen LogP) is 2.41. The Morgan fingerprint density at radius 3 is 2.65 bits per heavy atom. The molecule has 1 unspecified atom stereocenters. The maximum absolute atomic E-state index is 4.17. The standard InChI is InChI=1S/C15H21N5/c1-3-7-12(8-4-1)11-14(15-17-19-20-18-15)16-13-9-5-2-6-10-13/h1,3-4,7-8,13-14,16H,2,5-6,9-11H2,(H,17,18,19,20). The van der Waals surface area contributed by atoms with E-state index in [1.165, 1.54) is 37.7 Å². The Kier molecular flexibility index (Phi) is 4.38. The fourth-order valence-electron chi connectivity index (χ4n) is 2.95. The molecule has 3 rings (SSSR count). The largest absolute Gasteiger partial charge is 0.304 e. The lowest BCUT2D eigenvalue weighted by Crippen LogP contribution is -2.36. The number of nitrogens with zero attached hydrogens (tertiary/aromatic N) is 3. The minimum Gasteiger partial charge on any atom is -0.304 e. The van der Waals surface area contributed by atoms with Gasteiger partial charge in [0.2, 0.25) is 0 Å². The molecule has 5 nitrogen and oxygen atoms in total. The summed E-state index contributed by atoms with van der Waals surface area (Å²) in [4.78, 5) is 0. The molecule has 1 atom stereocenters. The normalized spacial score (nSPS) is 18.0. The van der Waals surface area contributed by atoms with E-state index in [9.17, 15) is 0 Å².